The molecule has 1 saturated heterocycles. The Hall–Kier alpha value is -1.36. The highest BCUT2D eigenvalue weighted by Gasteiger charge is 2.22. The summed E-state index contributed by atoms with van der Waals surface area (Å²) in [6, 6.07) is 0. The average Bonchev–Trinajstić information content (AvgIpc) is 2.60. The molecule has 1 aliphatic heterocycles. The van der Waals surface area contributed by atoms with Crippen LogP contribution in [0.1, 0.15) is 16.9 Å². The zero-order valence-electron chi connectivity index (χ0n) is 7.51. The molecule has 0 amide bonds. The highest BCUT2D eigenvalue weighted by molar-refractivity contribution is 7.15. The van der Waals surface area contributed by atoms with E-state index >= 15 is 0 Å². The number of fused-ring (bicyclic) bond motifs is 1. The van der Waals surface area contributed by atoms with E-state index in [0.717, 1.165) is 30.2 Å². The summed E-state index contributed by atoms with van der Waals surface area (Å²) in [6.45, 7) is 2.04. The minimum atomic E-state index is 0.681. The normalized spacial score (nSPS) is 15.9. The van der Waals surface area contributed by atoms with Crippen LogP contribution in [0.15, 0.2) is 11.6 Å². The number of carbonyl (C=O) groups is 1. The monoisotopic (exact) mass is 207 g/mol. The Kier molecular flexibility index (Phi) is 1.61. The van der Waals surface area contributed by atoms with E-state index in [1.807, 2.05) is 16.0 Å². The van der Waals surface area contributed by atoms with Crippen LogP contribution in [0.25, 0.3) is 4.96 Å². The van der Waals surface area contributed by atoms with Gasteiger partial charge < -0.3 is 4.90 Å². The highest BCUT2D eigenvalue weighted by Crippen LogP contribution is 2.26. The second kappa shape index (κ2) is 2.81. The third kappa shape index (κ3) is 0.928. The summed E-state index contributed by atoms with van der Waals surface area (Å²) in [6.07, 6.45) is 3.98. The molecule has 5 heteroatoms. The van der Waals surface area contributed by atoms with Crippen LogP contribution in [0.2, 0.25) is 0 Å². The van der Waals surface area contributed by atoms with Gasteiger partial charge in [-0.3, -0.25) is 9.20 Å². The van der Waals surface area contributed by atoms with Crippen LogP contribution in [0.3, 0.4) is 0 Å². The average molecular weight is 207 g/mol. The summed E-state index contributed by atoms with van der Waals surface area (Å²) in [5.74, 6) is 0.845. The maximum atomic E-state index is 11.0. The van der Waals surface area contributed by atoms with Crippen LogP contribution < -0.4 is 4.90 Å². The first kappa shape index (κ1) is 7.99. The summed E-state index contributed by atoms with van der Waals surface area (Å²) in [7, 11) is 0. The van der Waals surface area contributed by atoms with Crippen molar-refractivity contribution in [2.75, 3.05) is 18.0 Å². The molecule has 0 unspecified atom stereocenters. The largest absolute Gasteiger partial charge is 0.355 e. The number of aldehydes is 1. The number of nitrogens with zero attached hydrogens (tertiary/aromatic N) is 3. The number of hydrogen-bond donors (Lipinski definition) is 0. The molecule has 0 saturated carbocycles. The van der Waals surface area contributed by atoms with Gasteiger partial charge in [-0.2, -0.15) is 0 Å². The lowest BCUT2D eigenvalue weighted by Gasteiger charge is -2.31. The van der Waals surface area contributed by atoms with Crippen LogP contribution in [0.5, 0.6) is 0 Å². The van der Waals surface area contributed by atoms with Crippen LogP contribution in [-0.4, -0.2) is 28.8 Å². The molecular weight excluding hydrogens is 198 g/mol. The summed E-state index contributed by atoms with van der Waals surface area (Å²) in [4.78, 5) is 18.4. The van der Waals surface area contributed by atoms with Gasteiger partial charge in [0.1, 0.15) is 5.69 Å². The molecule has 1 fully saturated rings. The fraction of sp³-hybridized carbons (Fsp3) is 0.333. The van der Waals surface area contributed by atoms with Gasteiger partial charge in [0.15, 0.2) is 17.1 Å². The predicted octanol–water partition coefficient (Wildman–Crippen LogP) is 1.42. The lowest BCUT2D eigenvalue weighted by molar-refractivity contribution is 0.111. The van der Waals surface area contributed by atoms with Crippen molar-refractivity contribution in [2.24, 2.45) is 0 Å². The number of thiazole rings is 1. The first-order valence-electron chi connectivity index (χ1n) is 4.56. The minimum Gasteiger partial charge on any atom is -0.355 e. The molecule has 0 atom stereocenters. The van der Waals surface area contributed by atoms with E-state index in [-0.39, 0.29) is 0 Å². The van der Waals surface area contributed by atoms with Crippen molar-refractivity contribution in [3.63, 3.8) is 0 Å². The Morgan fingerprint density at radius 2 is 2.36 bits per heavy atom. The molecule has 0 aliphatic carbocycles. The van der Waals surface area contributed by atoms with Crippen molar-refractivity contribution >= 4 is 28.4 Å². The lowest BCUT2D eigenvalue weighted by atomic mass is 10.2. The van der Waals surface area contributed by atoms with Gasteiger partial charge in [-0.1, -0.05) is 0 Å². The van der Waals surface area contributed by atoms with Crippen molar-refractivity contribution < 1.29 is 4.79 Å². The van der Waals surface area contributed by atoms with E-state index in [1.54, 1.807) is 11.3 Å². The fourth-order valence-electron chi connectivity index (χ4n) is 1.66. The Balaban J connectivity index is 2.20. The van der Waals surface area contributed by atoms with Crippen LogP contribution in [-0.2, 0) is 0 Å². The molecule has 2 aromatic heterocycles. The van der Waals surface area contributed by atoms with Crippen LogP contribution in [0, 0.1) is 0 Å². The van der Waals surface area contributed by atoms with Gasteiger partial charge >= 0.3 is 0 Å². The molecular formula is C9H9N3OS. The standard InChI is InChI=1S/C9H9N3OS/c13-6-7-8(11-2-1-3-11)10-9-12(7)4-5-14-9/h4-6H,1-3H2. The molecule has 0 N–H and O–H groups in total. The Bertz CT molecular complexity index is 483. The number of anilines is 1. The number of carbonyl (C=O) groups excluding carboxylic acids is 1. The fourth-order valence-corrected chi connectivity index (χ4v) is 2.38. The first-order chi connectivity index (χ1) is 6.90. The maximum Gasteiger partial charge on any atom is 0.196 e. The van der Waals surface area contributed by atoms with Gasteiger partial charge in [0.2, 0.25) is 0 Å². The molecule has 3 heterocycles. The molecule has 72 valence electrons. The highest BCUT2D eigenvalue weighted by atomic mass is 32.1. The Morgan fingerprint density at radius 1 is 1.50 bits per heavy atom. The molecule has 3 rings (SSSR count). The topological polar surface area (TPSA) is 37.6 Å². The summed E-state index contributed by atoms with van der Waals surface area (Å²) < 4.78 is 1.85. The van der Waals surface area contributed by atoms with Gasteiger partial charge in [0.05, 0.1) is 0 Å². The van der Waals surface area contributed by atoms with E-state index in [0.29, 0.717) is 5.69 Å². The van der Waals surface area contributed by atoms with E-state index in [4.69, 9.17) is 0 Å². The van der Waals surface area contributed by atoms with E-state index < -0.39 is 0 Å². The van der Waals surface area contributed by atoms with E-state index in [1.165, 1.54) is 6.42 Å². The van der Waals surface area contributed by atoms with Crippen LogP contribution >= 0.6 is 11.3 Å². The van der Waals surface area contributed by atoms with Gasteiger partial charge in [-0.05, 0) is 6.42 Å². The molecule has 0 spiro atoms. The third-order valence-electron chi connectivity index (χ3n) is 2.55. The lowest BCUT2D eigenvalue weighted by Crippen LogP contribution is -2.37. The van der Waals surface area contributed by atoms with Gasteiger partial charge in [0.25, 0.3) is 0 Å². The Labute approximate surface area is 84.8 Å². The summed E-state index contributed by atoms with van der Waals surface area (Å²) in [5, 5.41) is 1.94. The summed E-state index contributed by atoms with van der Waals surface area (Å²) >= 11 is 1.56. The maximum absolute atomic E-state index is 11.0. The number of imidazole rings is 1. The number of hydrogen-bond acceptors (Lipinski definition) is 4. The molecule has 0 radical (unpaired) electrons. The van der Waals surface area contributed by atoms with Crippen molar-refractivity contribution in [2.45, 2.75) is 6.42 Å². The van der Waals surface area contributed by atoms with Crippen molar-refractivity contribution in [1.29, 1.82) is 0 Å². The van der Waals surface area contributed by atoms with Gasteiger partial charge in [-0.25, -0.2) is 4.98 Å². The third-order valence-corrected chi connectivity index (χ3v) is 3.30. The Morgan fingerprint density at radius 3 is 3.00 bits per heavy atom. The van der Waals surface area contributed by atoms with Crippen molar-refractivity contribution in [3.8, 4) is 0 Å². The second-order valence-electron chi connectivity index (χ2n) is 3.33. The summed E-state index contributed by atoms with van der Waals surface area (Å²) in [5.41, 5.74) is 0.681. The molecule has 0 aromatic carbocycles. The van der Waals surface area contributed by atoms with Crippen LogP contribution in [0.4, 0.5) is 5.82 Å². The molecule has 2 aromatic rings. The van der Waals surface area contributed by atoms with Crippen molar-refractivity contribution in [1.82, 2.24) is 9.38 Å². The molecule has 1 aliphatic rings. The van der Waals surface area contributed by atoms with E-state index in [2.05, 4.69) is 9.88 Å². The first-order valence-corrected chi connectivity index (χ1v) is 5.44. The SMILES string of the molecule is O=Cc1c(N2CCC2)nc2sccn12. The number of rotatable bonds is 2. The zero-order valence-corrected chi connectivity index (χ0v) is 8.33. The molecule has 0 bridgehead atoms. The van der Waals surface area contributed by atoms with Crippen molar-refractivity contribution in [3.05, 3.63) is 17.3 Å². The van der Waals surface area contributed by atoms with E-state index in [9.17, 15) is 4.79 Å². The minimum absolute atomic E-state index is 0.681. The molecule has 14 heavy (non-hydrogen) atoms. The quantitative estimate of drug-likeness (QED) is 0.699. The second-order valence-corrected chi connectivity index (χ2v) is 4.21. The number of aromatic nitrogens is 2. The zero-order chi connectivity index (χ0) is 9.54. The van der Waals surface area contributed by atoms with Gasteiger partial charge in [0, 0.05) is 24.7 Å². The van der Waals surface area contributed by atoms with Gasteiger partial charge in [-0.15, -0.1) is 11.3 Å². The molecule has 4 nitrogen and oxygen atoms in total. The smallest absolute Gasteiger partial charge is 0.196 e. The predicted molar refractivity (Wildman–Crippen MR) is 55.3 cm³/mol.